The van der Waals surface area contributed by atoms with Crippen LogP contribution < -0.4 is 10.1 Å². The van der Waals surface area contributed by atoms with E-state index in [1.807, 2.05) is 0 Å². The molecule has 1 heterocycles. The van der Waals surface area contributed by atoms with Gasteiger partial charge in [0.25, 0.3) is 11.6 Å². The highest BCUT2D eigenvalue weighted by molar-refractivity contribution is 6.36. The van der Waals surface area contributed by atoms with Crippen molar-refractivity contribution in [2.75, 3.05) is 11.9 Å². The first-order valence-corrected chi connectivity index (χ1v) is 6.20. The smallest absolute Gasteiger partial charge is 0.337 e. The molecule has 1 aromatic heterocycles. The number of aromatic amines is 1. The molecule has 21 heavy (non-hydrogen) atoms. The van der Waals surface area contributed by atoms with Crippen molar-refractivity contribution in [2.24, 2.45) is 0 Å². The number of hydrogen-bond acceptors (Lipinski definition) is 6. The number of amides is 1. The fourth-order valence-corrected chi connectivity index (χ4v) is 1.79. The number of H-pyrrole nitrogens is 1. The molecule has 110 valence electrons. The van der Waals surface area contributed by atoms with Gasteiger partial charge in [0, 0.05) is 6.07 Å². The normalized spacial score (nSPS) is 10.2. The van der Waals surface area contributed by atoms with E-state index in [-0.39, 0.29) is 28.2 Å². The molecule has 0 aliphatic heterocycles. The number of halogens is 1. The van der Waals surface area contributed by atoms with Crippen LogP contribution in [0.3, 0.4) is 0 Å². The summed E-state index contributed by atoms with van der Waals surface area (Å²) in [5.74, 6) is -0.603. The second-order valence-electron chi connectivity index (χ2n) is 3.75. The molecule has 0 atom stereocenters. The Labute approximate surface area is 123 Å². The molecule has 0 aliphatic rings. The molecule has 10 heteroatoms. The first kappa shape index (κ1) is 14.7. The van der Waals surface area contributed by atoms with Gasteiger partial charge in [0.15, 0.2) is 0 Å². The van der Waals surface area contributed by atoms with Gasteiger partial charge in [0.1, 0.15) is 5.02 Å². The zero-order valence-electron chi connectivity index (χ0n) is 10.8. The van der Waals surface area contributed by atoms with Crippen LogP contribution in [0.4, 0.5) is 11.6 Å². The number of anilines is 1. The lowest BCUT2D eigenvalue weighted by atomic mass is 10.2. The number of rotatable bonds is 5. The fraction of sp³-hybridized carbons (Fsp3) is 0.182. The molecular weight excluding hydrogens is 302 g/mol. The summed E-state index contributed by atoms with van der Waals surface area (Å²) in [6.45, 7) is 2.14. The Morgan fingerprint density at radius 3 is 3.00 bits per heavy atom. The SMILES string of the molecule is CCOc1n[nH]c(NC(=O)c2cccc([N+](=O)[O-])c2Cl)n1. The zero-order chi connectivity index (χ0) is 15.4. The highest BCUT2D eigenvalue weighted by atomic mass is 35.5. The van der Waals surface area contributed by atoms with E-state index < -0.39 is 10.8 Å². The van der Waals surface area contributed by atoms with Gasteiger partial charge in [-0.05, 0) is 13.0 Å². The van der Waals surface area contributed by atoms with Crippen LogP contribution in [0.25, 0.3) is 0 Å². The van der Waals surface area contributed by atoms with Crippen LogP contribution in [0.1, 0.15) is 17.3 Å². The summed E-state index contributed by atoms with van der Waals surface area (Å²) in [6, 6.07) is 4.02. The third-order valence-electron chi connectivity index (χ3n) is 2.39. The summed E-state index contributed by atoms with van der Waals surface area (Å²) >= 11 is 5.85. The number of carbonyl (C=O) groups is 1. The number of carbonyl (C=O) groups excluding carboxylic acids is 1. The molecule has 2 N–H and O–H groups in total. The van der Waals surface area contributed by atoms with E-state index in [4.69, 9.17) is 16.3 Å². The molecule has 0 radical (unpaired) electrons. The number of nitrogens with one attached hydrogen (secondary N) is 2. The third kappa shape index (κ3) is 3.26. The largest absolute Gasteiger partial charge is 0.463 e. The lowest BCUT2D eigenvalue weighted by Gasteiger charge is -2.04. The first-order valence-electron chi connectivity index (χ1n) is 5.82. The van der Waals surface area contributed by atoms with Crippen molar-refractivity contribution >= 4 is 29.1 Å². The van der Waals surface area contributed by atoms with E-state index in [0.717, 1.165) is 0 Å². The van der Waals surface area contributed by atoms with Crippen molar-refractivity contribution in [1.82, 2.24) is 15.2 Å². The van der Waals surface area contributed by atoms with Crippen LogP contribution in [0.2, 0.25) is 5.02 Å². The summed E-state index contributed by atoms with van der Waals surface area (Å²) in [5.41, 5.74) is -0.392. The van der Waals surface area contributed by atoms with E-state index in [9.17, 15) is 14.9 Å². The van der Waals surface area contributed by atoms with Crippen molar-refractivity contribution < 1.29 is 14.5 Å². The van der Waals surface area contributed by atoms with Gasteiger partial charge in [-0.25, -0.2) is 5.10 Å². The van der Waals surface area contributed by atoms with E-state index >= 15 is 0 Å². The number of benzene rings is 1. The maximum Gasteiger partial charge on any atom is 0.337 e. The summed E-state index contributed by atoms with van der Waals surface area (Å²) < 4.78 is 5.03. The van der Waals surface area contributed by atoms with Gasteiger partial charge in [0.05, 0.1) is 17.1 Å². The van der Waals surface area contributed by atoms with Crippen LogP contribution in [0, 0.1) is 10.1 Å². The topological polar surface area (TPSA) is 123 Å². The van der Waals surface area contributed by atoms with Crippen LogP contribution in [-0.2, 0) is 0 Å². The molecular formula is C11H10ClN5O4. The van der Waals surface area contributed by atoms with Gasteiger partial charge in [0.2, 0.25) is 5.95 Å². The summed E-state index contributed by atoms with van der Waals surface area (Å²) in [5, 5.41) is 19.1. The number of nitro groups is 1. The highest BCUT2D eigenvalue weighted by Crippen LogP contribution is 2.28. The van der Waals surface area contributed by atoms with Crippen molar-refractivity contribution in [3.05, 3.63) is 38.9 Å². The van der Waals surface area contributed by atoms with Gasteiger partial charge in [-0.1, -0.05) is 17.7 Å². The predicted molar refractivity (Wildman–Crippen MR) is 73.6 cm³/mol. The Morgan fingerprint density at radius 2 is 2.33 bits per heavy atom. The average Bonchev–Trinajstić information content (AvgIpc) is 2.86. The Kier molecular flexibility index (Phi) is 4.33. The van der Waals surface area contributed by atoms with Gasteiger partial charge in [-0.3, -0.25) is 20.2 Å². The molecule has 0 fully saturated rings. The molecule has 0 aliphatic carbocycles. The number of aromatic nitrogens is 3. The molecule has 9 nitrogen and oxygen atoms in total. The van der Waals surface area contributed by atoms with Gasteiger partial charge >= 0.3 is 6.01 Å². The fourth-order valence-electron chi connectivity index (χ4n) is 1.51. The minimum Gasteiger partial charge on any atom is -0.463 e. The van der Waals surface area contributed by atoms with E-state index in [2.05, 4.69) is 20.5 Å². The van der Waals surface area contributed by atoms with Crippen molar-refractivity contribution in [3.8, 4) is 6.01 Å². The zero-order valence-corrected chi connectivity index (χ0v) is 11.5. The second kappa shape index (κ2) is 6.18. The standard InChI is InChI=1S/C11H10ClN5O4/c1-2-21-11-14-10(15-16-11)13-9(18)6-4-3-5-7(8(6)12)17(19)20/h3-5H,2H2,1H3,(H2,13,14,15,16,18). The average molecular weight is 312 g/mol. The molecule has 0 saturated heterocycles. The van der Waals surface area contributed by atoms with Crippen LogP contribution in [0.5, 0.6) is 6.01 Å². The van der Waals surface area contributed by atoms with E-state index in [0.29, 0.717) is 6.61 Å². The molecule has 0 bridgehead atoms. The van der Waals surface area contributed by atoms with Gasteiger partial charge < -0.3 is 4.74 Å². The molecule has 1 aromatic carbocycles. The quantitative estimate of drug-likeness (QED) is 0.643. The minimum absolute atomic E-state index is 0.0415. The number of nitrogens with zero attached hydrogens (tertiary/aromatic N) is 3. The maximum atomic E-state index is 12.0. The highest BCUT2D eigenvalue weighted by Gasteiger charge is 2.20. The Bertz CT molecular complexity index is 687. The van der Waals surface area contributed by atoms with E-state index in [1.165, 1.54) is 18.2 Å². The monoisotopic (exact) mass is 311 g/mol. The predicted octanol–water partition coefficient (Wildman–Crippen LogP) is 2.02. The third-order valence-corrected chi connectivity index (χ3v) is 2.79. The molecule has 0 spiro atoms. The molecule has 2 aromatic rings. The van der Waals surface area contributed by atoms with Crippen LogP contribution in [0.15, 0.2) is 18.2 Å². The molecule has 2 rings (SSSR count). The van der Waals surface area contributed by atoms with Crippen molar-refractivity contribution in [3.63, 3.8) is 0 Å². The van der Waals surface area contributed by atoms with Crippen LogP contribution in [-0.4, -0.2) is 32.6 Å². The first-order chi connectivity index (χ1) is 10.0. The van der Waals surface area contributed by atoms with Crippen LogP contribution >= 0.6 is 11.6 Å². The molecule has 1 amide bonds. The molecule has 0 unspecified atom stereocenters. The lowest BCUT2D eigenvalue weighted by molar-refractivity contribution is -0.384. The van der Waals surface area contributed by atoms with Crippen molar-refractivity contribution in [1.29, 1.82) is 0 Å². The Morgan fingerprint density at radius 1 is 1.57 bits per heavy atom. The van der Waals surface area contributed by atoms with E-state index in [1.54, 1.807) is 6.92 Å². The van der Waals surface area contributed by atoms with Crippen molar-refractivity contribution in [2.45, 2.75) is 6.92 Å². The minimum atomic E-state index is -0.666. The second-order valence-corrected chi connectivity index (χ2v) is 4.13. The lowest BCUT2D eigenvalue weighted by Crippen LogP contribution is -2.14. The number of ether oxygens (including phenoxy) is 1. The molecule has 0 saturated carbocycles. The van der Waals surface area contributed by atoms with Gasteiger partial charge in [-0.2, -0.15) is 4.98 Å². The maximum absolute atomic E-state index is 12.0. The number of hydrogen-bond donors (Lipinski definition) is 2. The number of nitro benzene ring substituents is 1. The van der Waals surface area contributed by atoms with Gasteiger partial charge in [-0.15, -0.1) is 5.10 Å². The Hall–Kier alpha value is -2.68. The summed E-state index contributed by atoms with van der Waals surface area (Å²) in [4.78, 5) is 26.0. The summed E-state index contributed by atoms with van der Waals surface area (Å²) in [6.07, 6.45) is 0. The Balaban J connectivity index is 2.20. The summed E-state index contributed by atoms with van der Waals surface area (Å²) in [7, 11) is 0.